The van der Waals surface area contributed by atoms with E-state index in [9.17, 15) is 14.4 Å². The molecule has 7 nitrogen and oxygen atoms in total. The lowest BCUT2D eigenvalue weighted by Crippen LogP contribution is -2.52. The molecule has 2 N–H and O–H groups in total. The number of aryl methyl sites for hydroxylation is 2. The highest BCUT2D eigenvalue weighted by Crippen LogP contribution is 2.27. The molecule has 204 valence electrons. The van der Waals surface area contributed by atoms with Gasteiger partial charge < -0.3 is 20.3 Å². The molecule has 0 aliphatic rings. The first-order valence-corrected chi connectivity index (χ1v) is 13.4. The number of amides is 3. The first kappa shape index (κ1) is 31.5. The Bertz CT molecular complexity index is 861. The van der Waals surface area contributed by atoms with Crippen LogP contribution in [0.3, 0.4) is 0 Å². The molecule has 1 aromatic carbocycles. The number of carbonyl (C=O) groups is 3. The summed E-state index contributed by atoms with van der Waals surface area (Å²) in [5.74, 6) is -0.526. The molecule has 0 fully saturated rings. The molecule has 3 amide bonds. The molecule has 2 unspecified atom stereocenters. The average Bonchev–Trinajstić information content (AvgIpc) is 2.74. The van der Waals surface area contributed by atoms with Crippen LogP contribution in [0.5, 0.6) is 0 Å². The van der Waals surface area contributed by atoms with E-state index in [-0.39, 0.29) is 17.9 Å². The number of unbranched alkanes of at least 4 members (excludes halogenated alkanes) is 5. The number of hydrogen-bond acceptors (Lipinski definition) is 4. The molecule has 0 aliphatic heterocycles. The van der Waals surface area contributed by atoms with Crippen molar-refractivity contribution in [2.75, 3.05) is 6.54 Å². The smallest absolute Gasteiger partial charge is 0.408 e. The van der Waals surface area contributed by atoms with Gasteiger partial charge in [-0.05, 0) is 72.9 Å². The molecule has 7 heteroatoms. The van der Waals surface area contributed by atoms with E-state index in [0.29, 0.717) is 6.54 Å². The number of nitrogens with zero attached hydrogens (tertiary/aromatic N) is 1. The van der Waals surface area contributed by atoms with Crippen LogP contribution in [-0.4, -0.2) is 47.0 Å². The number of ether oxygens (including phenoxy) is 1. The van der Waals surface area contributed by atoms with Crippen LogP contribution in [0.2, 0.25) is 0 Å². The van der Waals surface area contributed by atoms with Gasteiger partial charge in [-0.3, -0.25) is 9.59 Å². The van der Waals surface area contributed by atoms with Gasteiger partial charge in [0, 0.05) is 12.6 Å². The van der Waals surface area contributed by atoms with Gasteiger partial charge in [-0.15, -0.1) is 0 Å². The predicted molar refractivity (Wildman–Crippen MR) is 146 cm³/mol. The summed E-state index contributed by atoms with van der Waals surface area (Å²) in [6.07, 6.45) is 5.72. The summed E-state index contributed by atoms with van der Waals surface area (Å²) in [4.78, 5) is 41.4. The Morgan fingerprint density at radius 3 is 2.14 bits per heavy atom. The number of carbonyl (C=O) groups excluding carboxylic acids is 3. The second kappa shape index (κ2) is 14.9. The molecular weight excluding hydrogens is 454 g/mol. The monoisotopic (exact) mass is 503 g/mol. The van der Waals surface area contributed by atoms with Gasteiger partial charge in [0.15, 0.2) is 0 Å². The summed E-state index contributed by atoms with van der Waals surface area (Å²) in [5.41, 5.74) is 2.09. The SMILES string of the molecule is CCCCCCCCN(C(=O)C(C)NC(=O)OC(C)(C)C)C(C(=O)NC(C)C)c1cc(C)ccc1C. The second-order valence-corrected chi connectivity index (χ2v) is 11.1. The third-order valence-electron chi connectivity index (χ3n) is 5.86. The van der Waals surface area contributed by atoms with Gasteiger partial charge in [-0.25, -0.2) is 4.79 Å². The van der Waals surface area contributed by atoms with E-state index < -0.39 is 23.8 Å². The lowest BCUT2D eigenvalue weighted by Gasteiger charge is -2.35. The van der Waals surface area contributed by atoms with Crippen molar-refractivity contribution in [1.82, 2.24) is 15.5 Å². The zero-order valence-electron chi connectivity index (χ0n) is 24.0. The largest absolute Gasteiger partial charge is 0.444 e. The molecule has 1 aromatic rings. The maximum absolute atomic E-state index is 13.8. The summed E-state index contributed by atoms with van der Waals surface area (Å²) in [6, 6.07) is 4.25. The molecular formula is C29H49N3O4. The van der Waals surface area contributed by atoms with Crippen LogP contribution < -0.4 is 10.6 Å². The molecule has 0 heterocycles. The fourth-order valence-corrected chi connectivity index (χ4v) is 4.09. The number of rotatable bonds is 13. The van der Waals surface area contributed by atoms with Crippen molar-refractivity contribution < 1.29 is 19.1 Å². The fourth-order valence-electron chi connectivity index (χ4n) is 4.09. The summed E-state index contributed by atoms with van der Waals surface area (Å²) in [5, 5.41) is 5.67. The molecule has 0 bridgehead atoms. The van der Waals surface area contributed by atoms with Crippen LogP contribution in [0.25, 0.3) is 0 Å². The van der Waals surface area contributed by atoms with E-state index in [1.165, 1.54) is 12.8 Å². The van der Waals surface area contributed by atoms with Crippen molar-refractivity contribution in [3.63, 3.8) is 0 Å². The van der Waals surface area contributed by atoms with Crippen LogP contribution in [-0.2, 0) is 14.3 Å². The zero-order valence-corrected chi connectivity index (χ0v) is 24.0. The minimum absolute atomic E-state index is 0.0755. The fraction of sp³-hybridized carbons (Fsp3) is 0.690. The van der Waals surface area contributed by atoms with Crippen molar-refractivity contribution in [3.05, 3.63) is 34.9 Å². The summed E-state index contributed by atoms with van der Waals surface area (Å²) < 4.78 is 5.35. The standard InChI is InChI=1S/C29H49N3O4/c1-10-11-12-13-14-15-18-32(27(34)23(6)31-28(35)36-29(7,8)9)25(26(33)30-20(2)3)24-19-21(4)16-17-22(24)5/h16-17,19-20,23,25H,10-15,18H2,1-9H3,(H,30,33)(H,31,35). The van der Waals surface area contributed by atoms with E-state index in [0.717, 1.165) is 42.4 Å². The van der Waals surface area contributed by atoms with Crippen LogP contribution in [0.4, 0.5) is 4.79 Å². The van der Waals surface area contributed by atoms with E-state index in [2.05, 4.69) is 17.6 Å². The average molecular weight is 504 g/mol. The van der Waals surface area contributed by atoms with Crippen molar-refractivity contribution in [1.29, 1.82) is 0 Å². The highest BCUT2D eigenvalue weighted by atomic mass is 16.6. The van der Waals surface area contributed by atoms with Gasteiger partial charge in [0.1, 0.15) is 17.7 Å². The zero-order chi connectivity index (χ0) is 27.5. The first-order valence-electron chi connectivity index (χ1n) is 13.4. The molecule has 0 aromatic heterocycles. The second-order valence-electron chi connectivity index (χ2n) is 11.1. The van der Waals surface area contributed by atoms with E-state index in [1.54, 1.807) is 32.6 Å². The van der Waals surface area contributed by atoms with Crippen molar-refractivity contribution in [3.8, 4) is 0 Å². The molecule has 2 atom stereocenters. The molecule has 1 rings (SSSR count). The Hall–Kier alpha value is -2.57. The Morgan fingerprint density at radius 2 is 1.56 bits per heavy atom. The van der Waals surface area contributed by atoms with Crippen LogP contribution in [0.1, 0.15) is 110 Å². The maximum atomic E-state index is 13.8. The van der Waals surface area contributed by atoms with Crippen LogP contribution in [0.15, 0.2) is 18.2 Å². The Labute approximate surface area is 218 Å². The van der Waals surface area contributed by atoms with Crippen molar-refractivity contribution in [2.24, 2.45) is 0 Å². The van der Waals surface area contributed by atoms with Crippen molar-refractivity contribution >= 4 is 17.9 Å². The third-order valence-corrected chi connectivity index (χ3v) is 5.86. The number of nitrogens with one attached hydrogen (secondary N) is 2. The van der Waals surface area contributed by atoms with E-state index >= 15 is 0 Å². The van der Waals surface area contributed by atoms with Gasteiger partial charge in [-0.1, -0.05) is 62.8 Å². The van der Waals surface area contributed by atoms with Gasteiger partial charge >= 0.3 is 6.09 Å². The minimum atomic E-state index is -0.848. The van der Waals surface area contributed by atoms with Crippen LogP contribution in [0, 0.1) is 13.8 Å². The molecule has 0 spiro atoms. The Balaban J connectivity index is 3.32. The molecule has 0 saturated carbocycles. The lowest BCUT2D eigenvalue weighted by atomic mass is 9.95. The summed E-state index contributed by atoms with van der Waals surface area (Å²) in [6.45, 7) is 17.3. The number of benzene rings is 1. The van der Waals surface area contributed by atoms with Crippen molar-refractivity contribution in [2.45, 2.75) is 125 Å². The number of hydrogen-bond donors (Lipinski definition) is 2. The molecule has 0 radical (unpaired) electrons. The van der Waals surface area contributed by atoms with E-state index in [4.69, 9.17) is 4.74 Å². The normalized spacial score (nSPS) is 13.2. The van der Waals surface area contributed by atoms with Gasteiger partial charge in [0.2, 0.25) is 11.8 Å². The highest BCUT2D eigenvalue weighted by molar-refractivity contribution is 5.92. The summed E-state index contributed by atoms with van der Waals surface area (Å²) >= 11 is 0. The van der Waals surface area contributed by atoms with Gasteiger partial charge in [0.25, 0.3) is 0 Å². The topological polar surface area (TPSA) is 87.7 Å². The predicted octanol–water partition coefficient (Wildman–Crippen LogP) is 5.97. The maximum Gasteiger partial charge on any atom is 0.408 e. The quantitative estimate of drug-likeness (QED) is 0.325. The highest BCUT2D eigenvalue weighted by Gasteiger charge is 2.35. The molecule has 0 aliphatic carbocycles. The lowest BCUT2D eigenvalue weighted by molar-refractivity contribution is -0.142. The van der Waals surface area contributed by atoms with E-state index in [1.807, 2.05) is 45.9 Å². The third kappa shape index (κ3) is 11.0. The Morgan fingerprint density at radius 1 is 0.944 bits per heavy atom. The number of alkyl carbamates (subject to hydrolysis) is 1. The minimum Gasteiger partial charge on any atom is -0.444 e. The molecule has 0 saturated heterocycles. The molecule has 36 heavy (non-hydrogen) atoms. The Kier molecular flexibility index (Phi) is 13.0. The summed E-state index contributed by atoms with van der Waals surface area (Å²) in [7, 11) is 0. The van der Waals surface area contributed by atoms with Gasteiger partial charge in [0.05, 0.1) is 0 Å². The van der Waals surface area contributed by atoms with Crippen LogP contribution >= 0.6 is 0 Å². The first-order chi connectivity index (χ1) is 16.8. The van der Waals surface area contributed by atoms with Gasteiger partial charge in [-0.2, -0.15) is 0 Å².